The summed E-state index contributed by atoms with van der Waals surface area (Å²) in [5.74, 6) is 0.511. The van der Waals surface area contributed by atoms with Crippen molar-refractivity contribution < 1.29 is 14.7 Å². The number of thiol groups is 1. The number of carbonyl (C=O) groups excluding carboxylic acids is 1. The van der Waals surface area contributed by atoms with E-state index in [1.165, 1.54) is 32.1 Å². The number of hydrogen-bond acceptors (Lipinski definition) is 5. The van der Waals surface area contributed by atoms with Crippen LogP contribution in [0.1, 0.15) is 99.0 Å². The summed E-state index contributed by atoms with van der Waals surface area (Å²) < 4.78 is 0. The van der Waals surface area contributed by atoms with Gasteiger partial charge in [0.1, 0.15) is 5.82 Å². The van der Waals surface area contributed by atoms with Crippen LogP contribution in [0.25, 0.3) is 0 Å². The van der Waals surface area contributed by atoms with E-state index >= 15 is 0 Å². The second-order valence-corrected chi connectivity index (χ2v) is 10.1. The van der Waals surface area contributed by atoms with Crippen molar-refractivity contribution in [3.05, 3.63) is 17.3 Å². The normalized spacial score (nSPS) is 23.1. The Morgan fingerprint density at radius 2 is 1.77 bits per heavy atom. The Labute approximate surface area is 190 Å². The summed E-state index contributed by atoms with van der Waals surface area (Å²) >= 11 is 4.73. The molecule has 1 aliphatic heterocycles. The lowest BCUT2D eigenvalue weighted by atomic mass is 9.93. The van der Waals surface area contributed by atoms with Gasteiger partial charge in [0.05, 0.1) is 11.3 Å². The number of pyridine rings is 1. The number of amides is 1. The third kappa shape index (κ3) is 5.54. The molecule has 1 aromatic rings. The molecule has 0 aromatic carbocycles. The van der Waals surface area contributed by atoms with Crippen LogP contribution < -0.4 is 10.2 Å². The second kappa shape index (κ2) is 10.2. The fourth-order valence-electron chi connectivity index (χ4n) is 5.61. The lowest BCUT2D eigenvalue weighted by Gasteiger charge is -2.34. The van der Waals surface area contributed by atoms with Gasteiger partial charge in [0, 0.05) is 36.4 Å². The van der Waals surface area contributed by atoms with E-state index in [2.05, 4.69) is 10.2 Å². The Morgan fingerprint density at radius 1 is 1.06 bits per heavy atom. The first-order chi connectivity index (χ1) is 15.0. The van der Waals surface area contributed by atoms with Gasteiger partial charge in [-0.1, -0.05) is 32.1 Å². The number of nitrogens with one attached hydrogen (secondary N) is 1. The number of rotatable bonds is 6. The predicted molar refractivity (Wildman–Crippen MR) is 124 cm³/mol. The van der Waals surface area contributed by atoms with Gasteiger partial charge in [0.2, 0.25) is 0 Å². The third-order valence-electron chi connectivity index (χ3n) is 7.22. The van der Waals surface area contributed by atoms with E-state index in [-0.39, 0.29) is 24.3 Å². The molecule has 1 saturated heterocycles. The number of carbonyl (C=O) groups is 2. The number of hydrogen-bond donors (Lipinski definition) is 3. The molecule has 0 spiro atoms. The summed E-state index contributed by atoms with van der Waals surface area (Å²) in [7, 11) is 0. The van der Waals surface area contributed by atoms with Crippen molar-refractivity contribution in [1.29, 1.82) is 0 Å². The summed E-state index contributed by atoms with van der Waals surface area (Å²) in [6.07, 6.45) is 12.3. The predicted octanol–water partition coefficient (Wildman–Crippen LogP) is 4.78. The topological polar surface area (TPSA) is 82.5 Å². The van der Waals surface area contributed by atoms with Crippen LogP contribution in [0.3, 0.4) is 0 Å². The third-order valence-corrected chi connectivity index (χ3v) is 7.55. The van der Waals surface area contributed by atoms with Gasteiger partial charge >= 0.3 is 5.97 Å². The summed E-state index contributed by atoms with van der Waals surface area (Å²) in [6.45, 7) is 1.54. The Hall–Kier alpha value is -1.76. The number of anilines is 1. The molecule has 6 nitrogen and oxygen atoms in total. The van der Waals surface area contributed by atoms with Crippen molar-refractivity contribution in [3.8, 4) is 0 Å². The molecule has 3 fully saturated rings. The molecule has 2 aliphatic carbocycles. The molecule has 0 radical (unpaired) electrons. The minimum atomic E-state index is -0.743. The van der Waals surface area contributed by atoms with Gasteiger partial charge in [0.25, 0.3) is 5.91 Å². The average molecular weight is 446 g/mol. The van der Waals surface area contributed by atoms with Gasteiger partial charge in [-0.15, -0.1) is 12.6 Å². The van der Waals surface area contributed by atoms with Gasteiger partial charge in [-0.05, 0) is 50.5 Å². The van der Waals surface area contributed by atoms with E-state index < -0.39 is 5.97 Å². The van der Waals surface area contributed by atoms with Crippen molar-refractivity contribution in [1.82, 2.24) is 10.3 Å². The fourth-order valence-corrected chi connectivity index (χ4v) is 5.93. The molecule has 2 saturated carbocycles. The maximum Gasteiger partial charge on any atom is 0.303 e. The number of carboxylic acids is 1. The molecule has 7 heteroatoms. The molecule has 2 N–H and O–H groups in total. The highest BCUT2D eigenvalue weighted by molar-refractivity contribution is 7.80. The zero-order chi connectivity index (χ0) is 21.8. The van der Waals surface area contributed by atoms with E-state index in [9.17, 15) is 14.7 Å². The highest BCUT2D eigenvalue weighted by Crippen LogP contribution is 2.38. The van der Waals surface area contributed by atoms with Gasteiger partial charge in [-0.2, -0.15) is 0 Å². The molecule has 1 atom stereocenters. The lowest BCUT2D eigenvalue weighted by molar-refractivity contribution is -0.138. The van der Waals surface area contributed by atoms with Crippen molar-refractivity contribution in [2.24, 2.45) is 5.92 Å². The summed E-state index contributed by atoms with van der Waals surface area (Å²) in [6, 6.07) is 2.18. The van der Waals surface area contributed by atoms with E-state index in [1.807, 2.05) is 6.07 Å². The molecule has 1 amide bonds. The van der Waals surface area contributed by atoms with Crippen LogP contribution in [0.2, 0.25) is 0 Å². The molecule has 1 aromatic heterocycles. The molecule has 170 valence electrons. The average Bonchev–Trinajstić information content (AvgIpc) is 3.28. The Kier molecular flexibility index (Phi) is 7.41. The first-order valence-corrected chi connectivity index (χ1v) is 12.5. The molecule has 2 heterocycles. The number of aliphatic carboxylic acids is 1. The minimum Gasteiger partial charge on any atom is -0.481 e. The molecule has 3 aliphatic rings. The van der Waals surface area contributed by atoms with E-state index in [4.69, 9.17) is 17.6 Å². The zero-order valence-electron chi connectivity index (χ0n) is 18.3. The Morgan fingerprint density at radius 3 is 2.48 bits per heavy atom. The van der Waals surface area contributed by atoms with E-state index in [0.29, 0.717) is 22.9 Å². The number of nitrogens with zero attached hydrogens (tertiary/aromatic N) is 2. The molecular formula is C24H35N3O3S. The van der Waals surface area contributed by atoms with Gasteiger partial charge < -0.3 is 15.3 Å². The maximum absolute atomic E-state index is 13.2. The standard InChI is InChI=1S/C24H35N3O3S/c28-21(29)13-16-7-6-12-27(15-16)23-20(31)14-19(22(26-23)17-8-4-5-9-17)24(30)25-18-10-2-1-3-11-18/h14,16-18,31H,1-13,15H2,(H,25,30)(H,28,29)/t16-/m0/s1. The lowest BCUT2D eigenvalue weighted by Crippen LogP contribution is -2.38. The monoisotopic (exact) mass is 445 g/mol. The van der Waals surface area contributed by atoms with Crippen molar-refractivity contribution in [2.75, 3.05) is 18.0 Å². The first kappa shape index (κ1) is 22.4. The minimum absolute atomic E-state index is 0.00875. The van der Waals surface area contributed by atoms with Crippen LogP contribution in [0.4, 0.5) is 5.82 Å². The summed E-state index contributed by atoms with van der Waals surface area (Å²) in [4.78, 5) is 32.4. The molecule has 31 heavy (non-hydrogen) atoms. The zero-order valence-corrected chi connectivity index (χ0v) is 19.2. The van der Waals surface area contributed by atoms with Gasteiger partial charge in [0.15, 0.2) is 0 Å². The number of carboxylic acid groups (broad SMARTS) is 1. The maximum atomic E-state index is 13.2. The van der Waals surface area contributed by atoms with Crippen molar-refractivity contribution in [3.63, 3.8) is 0 Å². The van der Waals surface area contributed by atoms with Crippen LogP contribution in [0.15, 0.2) is 11.0 Å². The Bertz CT molecular complexity index is 804. The summed E-state index contributed by atoms with van der Waals surface area (Å²) in [5, 5.41) is 12.5. The van der Waals surface area contributed by atoms with E-state index in [1.54, 1.807) is 0 Å². The molecule has 0 bridgehead atoms. The quantitative estimate of drug-likeness (QED) is 0.549. The van der Waals surface area contributed by atoms with Crippen LogP contribution in [0, 0.1) is 5.92 Å². The molecule has 4 rings (SSSR count). The first-order valence-electron chi connectivity index (χ1n) is 12.0. The van der Waals surface area contributed by atoms with E-state index in [0.717, 1.165) is 56.6 Å². The van der Waals surface area contributed by atoms with Gasteiger partial charge in [-0.25, -0.2) is 4.98 Å². The van der Waals surface area contributed by atoms with Crippen molar-refractivity contribution >= 4 is 30.3 Å². The number of aromatic nitrogens is 1. The fraction of sp³-hybridized carbons (Fsp3) is 0.708. The number of piperidine rings is 1. The molecule has 0 unspecified atom stereocenters. The largest absolute Gasteiger partial charge is 0.481 e. The van der Waals surface area contributed by atoms with Crippen molar-refractivity contribution in [2.45, 2.75) is 93.9 Å². The van der Waals surface area contributed by atoms with Crippen LogP contribution >= 0.6 is 12.6 Å². The Balaban J connectivity index is 1.59. The van der Waals surface area contributed by atoms with Gasteiger partial charge in [-0.3, -0.25) is 9.59 Å². The van der Waals surface area contributed by atoms with Crippen LogP contribution in [0.5, 0.6) is 0 Å². The smallest absolute Gasteiger partial charge is 0.303 e. The highest BCUT2D eigenvalue weighted by atomic mass is 32.1. The highest BCUT2D eigenvalue weighted by Gasteiger charge is 2.30. The summed E-state index contributed by atoms with van der Waals surface area (Å²) in [5.41, 5.74) is 1.60. The van der Waals surface area contributed by atoms with Crippen LogP contribution in [-0.2, 0) is 4.79 Å². The second-order valence-electron chi connectivity index (χ2n) is 9.61. The molecular weight excluding hydrogens is 410 g/mol. The van der Waals surface area contributed by atoms with Crippen LogP contribution in [-0.4, -0.2) is 41.1 Å². The SMILES string of the molecule is O=C(O)C[C@@H]1CCCN(c2nc(C3CCCC3)c(C(=O)NC3CCCCC3)cc2S)C1.